The number of aromatic nitrogens is 4. The fourth-order valence-electron chi connectivity index (χ4n) is 3.12. The monoisotopic (exact) mass is 424 g/mol. The van der Waals surface area contributed by atoms with Crippen molar-refractivity contribution in [3.05, 3.63) is 41.4 Å². The molecule has 1 aliphatic heterocycles. The molecule has 0 unspecified atom stereocenters. The molecule has 2 aromatic rings. The Morgan fingerprint density at radius 3 is 2.73 bits per heavy atom. The van der Waals surface area contributed by atoms with Crippen molar-refractivity contribution in [2.45, 2.75) is 38.3 Å². The summed E-state index contributed by atoms with van der Waals surface area (Å²) in [6.07, 6.45) is -0.0287. The van der Waals surface area contributed by atoms with Crippen molar-refractivity contribution in [1.29, 1.82) is 0 Å². The van der Waals surface area contributed by atoms with Gasteiger partial charge in [0.25, 0.3) is 5.88 Å². The number of aryl methyl sites for hydroxylation is 1. The van der Waals surface area contributed by atoms with Gasteiger partial charge in [-0.3, -0.25) is 0 Å². The number of halogens is 3. The Kier molecular flexibility index (Phi) is 6.43. The molecule has 3 heterocycles. The molecule has 30 heavy (non-hydrogen) atoms. The van der Waals surface area contributed by atoms with Gasteiger partial charge in [-0.2, -0.15) is 18.2 Å². The average molecular weight is 424 g/mol. The Morgan fingerprint density at radius 2 is 2.07 bits per heavy atom. The molecule has 0 radical (unpaired) electrons. The molecular formula is C18H19F3N6O3. The minimum Gasteiger partial charge on any atom is -0.465 e. The Balaban J connectivity index is 1.65. The maximum absolute atomic E-state index is 12.6. The van der Waals surface area contributed by atoms with Crippen LogP contribution in [0.25, 0.3) is 0 Å². The molecule has 1 N–H and O–H groups in total. The number of alkyl halides is 3. The van der Waals surface area contributed by atoms with Gasteiger partial charge in [-0.05, 0) is 25.3 Å². The molecule has 1 saturated heterocycles. The van der Waals surface area contributed by atoms with Gasteiger partial charge in [0.2, 0.25) is 5.82 Å². The number of oxime groups is 1. The Bertz CT molecular complexity index is 930. The molecule has 3 rings (SSSR count). The molecule has 12 heteroatoms. The minimum absolute atomic E-state index is 0.0860. The molecule has 1 aliphatic rings. The molecule has 160 valence electrons. The van der Waals surface area contributed by atoms with E-state index in [0.29, 0.717) is 38.2 Å². The zero-order valence-electron chi connectivity index (χ0n) is 16.0. The number of carbonyl (C=O) groups is 1. The second kappa shape index (κ2) is 9.01. The van der Waals surface area contributed by atoms with Crippen LogP contribution in [0.5, 0.6) is 5.88 Å². The standard InChI is InChI=1S/C18H19F3N6O3/c1-11-23-10-13(15(25-11)12-4-8-27(9-5-12)17(28)29)2-7-24-30-14-3-6-22-16(26-14)18(19,20)21/h3,6-7,10,12H,2,4-5,8-9H2,1H3,(H,28,29). The summed E-state index contributed by atoms with van der Waals surface area (Å²) < 4.78 is 37.9. The summed E-state index contributed by atoms with van der Waals surface area (Å²) in [6, 6.07) is 1.17. The molecule has 1 fully saturated rings. The summed E-state index contributed by atoms with van der Waals surface area (Å²) in [5.41, 5.74) is 1.61. The fourth-order valence-corrected chi connectivity index (χ4v) is 3.12. The maximum Gasteiger partial charge on any atom is 0.451 e. The van der Waals surface area contributed by atoms with Crippen molar-refractivity contribution >= 4 is 12.3 Å². The smallest absolute Gasteiger partial charge is 0.451 e. The van der Waals surface area contributed by atoms with Crippen LogP contribution in [-0.2, 0) is 12.6 Å². The van der Waals surface area contributed by atoms with Crippen LogP contribution in [0.4, 0.5) is 18.0 Å². The van der Waals surface area contributed by atoms with Gasteiger partial charge in [0.15, 0.2) is 0 Å². The quantitative estimate of drug-likeness (QED) is 0.580. The first-order valence-electron chi connectivity index (χ1n) is 9.13. The summed E-state index contributed by atoms with van der Waals surface area (Å²) in [4.78, 5) is 32.5. The highest BCUT2D eigenvalue weighted by Crippen LogP contribution is 2.29. The number of hydrogen-bond donors (Lipinski definition) is 1. The van der Waals surface area contributed by atoms with Crippen LogP contribution in [0.2, 0.25) is 0 Å². The normalized spacial score (nSPS) is 15.5. The van der Waals surface area contributed by atoms with Crippen molar-refractivity contribution in [3.63, 3.8) is 0 Å². The number of hydrogen-bond acceptors (Lipinski definition) is 7. The maximum atomic E-state index is 12.6. The van der Waals surface area contributed by atoms with Crippen LogP contribution in [-0.4, -0.2) is 55.3 Å². The zero-order valence-corrected chi connectivity index (χ0v) is 16.0. The largest absolute Gasteiger partial charge is 0.465 e. The lowest BCUT2D eigenvalue weighted by Gasteiger charge is -2.30. The first-order chi connectivity index (χ1) is 14.2. The minimum atomic E-state index is -4.67. The topological polar surface area (TPSA) is 114 Å². The van der Waals surface area contributed by atoms with Crippen molar-refractivity contribution in [2.24, 2.45) is 5.16 Å². The van der Waals surface area contributed by atoms with Crippen molar-refractivity contribution < 1.29 is 27.9 Å². The third-order valence-electron chi connectivity index (χ3n) is 4.59. The average Bonchev–Trinajstić information content (AvgIpc) is 2.71. The zero-order chi connectivity index (χ0) is 21.7. The van der Waals surface area contributed by atoms with Gasteiger partial charge >= 0.3 is 12.3 Å². The fraction of sp³-hybridized carbons (Fsp3) is 0.444. The van der Waals surface area contributed by atoms with E-state index in [1.807, 2.05) is 0 Å². The van der Waals surface area contributed by atoms with Crippen LogP contribution in [0, 0.1) is 6.92 Å². The van der Waals surface area contributed by atoms with E-state index in [9.17, 15) is 18.0 Å². The molecule has 0 spiro atoms. The number of carboxylic acid groups (broad SMARTS) is 1. The lowest BCUT2D eigenvalue weighted by atomic mass is 9.90. The number of likely N-dealkylation sites (tertiary alicyclic amines) is 1. The highest BCUT2D eigenvalue weighted by molar-refractivity contribution is 5.65. The van der Waals surface area contributed by atoms with Gasteiger partial charge < -0.3 is 14.8 Å². The predicted molar refractivity (Wildman–Crippen MR) is 98.2 cm³/mol. The van der Waals surface area contributed by atoms with E-state index in [4.69, 9.17) is 9.94 Å². The third-order valence-corrected chi connectivity index (χ3v) is 4.59. The summed E-state index contributed by atoms with van der Waals surface area (Å²) >= 11 is 0. The molecular weight excluding hydrogens is 405 g/mol. The summed E-state index contributed by atoms with van der Waals surface area (Å²) in [5, 5.41) is 12.8. The Labute approximate surface area is 169 Å². The second-order valence-corrected chi connectivity index (χ2v) is 6.67. The van der Waals surface area contributed by atoms with Crippen LogP contribution >= 0.6 is 0 Å². The second-order valence-electron chi connectivity index (χ2n) is 6.67. The summed E-state index contributed by atoms with van der Waals surface area (Å²) in [7, 11) is 0. The molecule has 1 amide bonds. The van der Waals surface area contributed by atoms with E-state index in [0.717, 1.165) is 17.5 Å². The highest BCUT2D eigenvalue weighted by atomic mass is 19.4. The van der Waals surface area contributed by atoms with Gasteiger partial charge in [0.1, 0.15) is 5.82 Å². The van der Waals surface area contributed by atoms with Crippen LogP contribution in [0.3, 0.4) is 0 Å². The molecule has 2 aromatic heterocycles. The highest BCUT2D eigenvalue weighted by Gasteiger charge is 2.35. The lowest BCUT2D eigenvalue weighted by molar-refractivity contribution is -0.145. The molecule has 9 nitrogen and oxygen atoms in total. The predicted octanol–water partition coefficient (Wildman–Crippen LogP) is 3.06. The SMILES string of the molecule is Cc1ncc(CC=NOc2ccnc(C(F)(F)F)n2)c(C2CCN(C(=O)O)CC2)n1. The first-order valence-corrected chi connectivity index (χ1v) is 9.13. The molecule has 0 bridgehead atoms. The Hall–Kier alpha value is -3.31. The lowest BCUT2D eigenvalue weighted by Crippen LogP contribution is -2.37. The van der Waals surface area contributed by atoms with E-state index < -0.39 is 18.1 Å². The van der Waals surface area contributed by atoms with Crippen molar-refractivity contribution in [3.8, 4) is 5.88 Å². The third kappa shape index (κ3) is 5.39. The molecule has 0 aromatic carbocycles. The molecule has 0 atom stereocenters. The summed E-state index contributed by atoms with van der Waals surface area (Å²) in [5.74, 6) is -0.946. The molecule has 0 saturated carbocycles. The number of nitrogens with zero attached hydrogens (tertiary/aromatic N) is 6. The van der Waals surface area contributed by atoms with E-state index in [1.54, 1.807) is 13.1 Å². The number of piperidine rings is 1. The van der Waals surface area contributed by atoms with Gasteiger partial charge in [0.05, 0.1) is 5.69 Å². The van der Waals surface area contributed by atoms with E-state index in [1.165, 1.54) is 17.2 Å². The van der Waals surface area contributed by atoms with Gasteiger partial charge in [-0.15, -0.1) is 0 Å². The van der Waals surface area contributed by atoms with E-state index in [-0.39, 0.29) is 11.8 Å². The van der Waals surface area contributed by atoms with Crippen LogP contribution < -0.4 is 4.84 Å². The van der Waals surface area contributed by atoms with E-state index >= 15 is 0 Å². The van der Waals surface area contributed by atoms with Crippen LogP contribution in [0.15, 0.2) is 23.6 Å². The van der Waals surface area contributed by atoms with Gasteiger partial charge in [-0.1, -0.05) is 5.16 Å². The number of rotatable bonds is 5. The van der Waals surface area contributed by atoms with Crippen molar-refractivity contribution in [1.82, 2.24) is 24.8 Å². The van der Waals surface area contributed by atoms with Gasteiger partial charge in [-0.25, -0.2) is 19.7 Å². The van der Waals surface area contributed by atoms with Crippen molar-refractivity contribution in [2.75, 3.05) is 13.1 Å². The first kappa shape index (κ1) is 21.4. The van der Waals surface area contributed by atoms with Gasteiger partial charge in [0, 0.05) is 50.1 Å². The number of amides is 1. The molecule has 0 aliphatic carbocycles. The van der Waals surface area contributed by atoms with Crippen LogP contribution in [0.1, 0.15) is 41.7 Å². The Morgan fingerprint density at radius 1 is 1.33 bits per heavy atom. The summed E-state index contributed by atoms with van der Waals surface area (Å²) in [6.45, 7) is 2.62. The van der Waals surface area contributed by atoms with E-state index in [2.05, 4.69) is 25.1 Å².